The zero-order chi connectivity index (χ0) is 18.9. The van der Waals surface area contributed by atoms with Gasteiger partial charge in [-0.05, 0) is 63.2 Å². The van der Waals surface area contributed by atoms with Crippen LogP contribution in [0.4, 0.5) is 5.69 Å². The van der Waals surface area contributed by atoms with Gasteiger partial charge in [0.05, 0.1) is 17.8 Å². The first-order valence-corrected chi connectivity index (χ1v) is 10.3. The van der Waals surface area contributed by atoms with E-state index in [4.69, 9.17) is 16.3 Å². The Hall–Kier alpha value is -1.76. The predicted molar refractivity (Wildman–Crippen MR) is 105 cm³/mol. The number of halogens is 1. The number of methoxy groups -OCH3 is 1. The lowest BCUT2D eigenvalue weighted by molar-refractivity contribution is 0.265. The number of rotatable bonds is 5. The molecule has 0 aliphatic heterocycles. The number of hydrogen-bond donors (Lipinski definition) is 1. The largest absolute Gasteiger partial charge is 0.496 e. The number of sulfonamides is 1. The van der Waals surface area contributed by atoms with Crippen LogP contribution in [0.25, 0.3) is 0 Å². The van der Waals surface area contributed by atoms with E-state index < -0.39 is 10.0 Å². The minimum absolute atomic E-state index is 0.0770. The van der Waals surface area contributed by atoms with Gasteiger partial charge in [-0.2, -0.15) is 0 Å². The fourth-order valence-corrected chi connectivity index (χ4v) is 5.03. The molecule has 0 heterocycles. The second-order valence-electron chi connectivity index (χ2n) is 6.67. The van der Waals surface area contributed by atoms with Gasteiger partial charge in [0.25, 0.3) is 10.0 Å². The topological polar surface area (TPSA) is 58.6 Å². The van der Waals surface area contributed by atoms with Crippen LogP contribution in [0, 0.1) is 0 Å². The molecule has 5 nitrogen and oxygen atoms in total. The molecule has 0 unspecified atom stereocenters. The normalized spacial score (nSPS) is 17.0. The third kappa shape index (κ3) is 3.68. The Labute approximate surface area is 160 Å². The number of anilines is 1. The molecule has 0 spiro atoms. The standard InChI is InChI=1S/C19H23ClN2O3S/c1-22(2)13-8-9-14-15(12-13)18(25-3)11-10-17(14)21-26(23,24)19-7-5-4-6-16(19)20/h4-7,10-11,13,21H,8-9,12H2,1-3H3/t13-/m0/s1. The van der Waals surface area contributed by atoms with E-state index in [2.05, 4.69) is 23.7 Å². The first kappa shape index (κ1) is 19.0. The number of ether oxygens (including phenoxy) is 1. The summed E-state index contributed by atoms with van der Waals surface area (Å²) in [5, 5.41) is 0.204. The highest BCUT2D eigenvalue weighted by Gasteiger charge is 2.27. The summed E-state index contributed by atoms with van der Waals surface area (Å²) in [6, 6.07) is 10.4. The quantitative estimate of drug-likeness (QED) is 0.842. The minimum Gasteiger partial charge on any atom is -0.496 e. The molecule has 0 fully saturated rings. The maximum absolute atomic E-state index is 12.8. The molecule has 0 aromatic heterocycles. The van der Waals surface area contributed by atoms with E-state index >= 15 is 0 Å². The summed E-state index contributed by atoms with van der Waals surface area (Å²) in [5.74, 6) is 0.798. The molecule has 2 aromatic carbocycles. The van der Waals surface area contributed by atoms with Crippen molar-refractivity contribution in [2.75, 3.05) is 25.9 Å². The van der Waals surface area contributed by atoms with E-state index in [0.717, 1.165) is 36.1 Å². The van der Waals surface area contributed by atoms with Gasteiger partial charge in [0.1, 0.15) is 10.6 Å². The molecule has 0 bridgehead atoms. The number of likely N-dealkylation sites (N-methyl/N-ethyl adjacent to an activating group) is 1. The highest BCUT2D eigenvalue weighted by atomic mass is 35.5. The number of nitrogens with one attached hydrogen (secondary N) is 1. The van der Waals surface area contributed by atoms with Crippen molar-refractivity contribution >= 4 is 27.3 Å². The van der Waals surface area contributed by atoms with Gasteiger partial charge in [-0.15, -0.1) is 0 Å². The Morgan fingerprint density at radius 3 is 2.54 bits per heavy atom. The van der Waals surface area contributed by atoms with Gasteiger partial charge in [-0.25, -0.2) is 8.42 Å². The van der Waals surface area contributed by atoms with E-state index in [9.17, 15) is 8.42 Å². The molecule has 7 heteroatoms. The second kappa shape index (κ2) is 7.47. The average Bonchev–Trinajstić information content (AvgIpc) is 2.61. The van der Waals surface area contributed by atoms with Crippen molar-refractivity contribution in [2.45, 2.75) is 30.2 Å². The molecule has 2 aromatic rings. The number of hydrogen-bond acceptors (Lipinski definition) is 4. The molecule has 0 saturated carbocycles. The first-order valence-electron chi connectivity index (χ1n) is 8.46. The maximum Gasteiger partial charge on any atom is 0.263 e. The monoisotopic (exact) mass is 394 g/mol. The Kier molecular flexibility index (Phi) is 5.46. The van der Waals surface area contributed by atoms with Crippen LogP contribution in [0.2, 0.25) is 5.02 Å². The van der Waals surface area contributed by atoms with Gasteiger partial charge in [-0.3, -0.25) is 4.72 Å². The lowest BCUT2D eigenvalue weighted by Crippen LogP contribution is -2.34. The number of nitrogens with zero attached hydrogens (tertiary/aromatic N) is 1. The Morgan fingerprint density at radius 1 is 1.15 bits per heavy atom. The Balaban J connectivity index is 2.00. The average molecular weight is 395 g/mol. The summed E-state index contributed by atoms with van der Waals surface area (Å²) in [6.07, 6.45) is 2.58. The van der Waals surface area contributed by atoms with Crippen LogP contribution < -0.4 is 9.46 Å². The van der Waals surface area contributed by atoms with Crippen LogP contribution in [0.15, 0.2) is 41.3 Å². The molecule has 0 amide bonds. The molecular weight excluding hydrogens is 372 g/mol. The highest BCUT2D eigenvalue weighted by molar-refractivity contribution is 7.92. The van der Waals surface area contributed by atoms with E-state index in [1.54, 1.807) is 31.4 Å². The molecule has 26 heavy (non-hydrogen) atoms. The van der Waals surface area contributed by atoms with Gasteiger partial charge in [0, 0.05) is 11.6 Å². The zero-order valence-corrected chi connectivity index (χ0v) is 16.7. The minimum atomic E-state index is -3.76. The van der Waals surface area contributed by atoms with Crippen molar-refractivity contribution in [1.82, 2.24) is 4.90 Å². The summed E-state index contributed by atoms with van der Waals surface area (Å²) < 4.78 is 33.8. The van der Waals surface area contributed by atoms with Gasteiger partial charge in [-0.1, -0.05) is 23.7 Å². The lowest BCUT2D eigenvalue weighted by atomic mass is 9.86. The molecule has 1 aliphatic rings. The smallest absolute Gasteiger partial charge is 0.263 e. The van der Waals surface area contributed by atoms with Crippen LogP contribution in [-0.4, -0.2) is 40.6 Å². The van der Waals surface area contributed by atoms with E-state index in [1.165, 1.54) is 6.07 Å². The van der Waals surface area contributed by atoms with Crippen molar-refractivity contribution in [3.63, 3.8) is 0 Å². The van der Waals surface area contributed by atoms with E-state index in [1.807, 2.05) is 6.07 Å². The van der Waals surface area contributed by atoms with Gasteiger partial charge < -0.3 is 9.64 Å². The Morgan fingerprint density at radius 2 is 1.88 bits per heavy atom. The zero-order valence-electron chi connectivity index (χ0n) is 15.1. The third-order valence-corrected chi connectivity index (χ3v) is 6.74. The van der Waals surface area contributed by atoms with E-state index in [0.29, 0.717) is 11.7 Å². The van der Waals surface area contributed by atoms with Gasteiger partial charge >= 0.3 is 0 Å². The molecule has 1 N–H and O–H groups in total. The molecule has 1 aliphatic carbocycles. The molecule has 3 rings (SSSR count). The van der Waals surface area contributed by atoms with Crippen LogP contribution >= 0.6 is 11.6 Å². The summed E-state index contributed by atoms with van der Waals surface area (Å²) in [7, 11) is 2.00. The van der Waals surface area contributed by atoms with E-state index in [-0.39, 0.29) is 9.92 Å². The summed E-state index contributed by atoms with van der Waals surface area (Å²) in [4.78, 5) is 2.27. The fourth-order valence-electron chi connectivity index (χ4n) is 3.42. The Bertz CT molecular complexity index is 913. The van der Waals surface area contributed by atoms with Crippen molar-refractivity contribution in [3.8, 4) is 5.75 Å². The predicted octanol–water partition coefficient (Wildman–Crippen LogP) is 3.57. The molecular formula is C19H23ClN2O3S. The van der Waals surface area contributed by atoms with Crippen LogP contribution in [0.5, 0.6) is 5.75 Å². The maximum atomic E-state index is 12.8. The van der Waals surface area contributed by atoms with Crippen molar-refractivity contribution in [2.24, 2.45) is 0 Å². The van der Waals surface area contributed by atoms with Crippen LogP contribution in [0.3, 0.4) is 0 Å². The molecule has 0 radical (unpaired) electrons. The van der Waals surface area contributed by atoms with Crippen LogP contribution in [-0.2, 0) is 22.9 Å². The lowest BCUT2D eigenvalue weighted by Gasteiger charge is -2.32. The van der Waals surface area contributed by atoms with Crippen molar-refractivity contribution in [1.29, 1.82) is 0 Å². The summed E-state index contributed by atoms with van der Waals surface area (Å²) in [6.45, 7) is 0. The summed E-state index contributed by atoms with van der Waals surface area (Å²) >= 11 is 6.08. The van der Waals surface area contributed by atoms with Gasteiger partial charge in [0.2, 0.25) is 0 Å². The third-order valence-electron chi connectivity index (χ3n) is 4.88. The second-order valence-corrected chi connectivity index (χ2v) is 8.73. The van der Waals surface area contributed by atoms with Crippen molar-refractivity contribution in [3.05, 3.63) is 52.5 Å². The first-order chi connectivity index (χ1) is 12.3. The van der Waals surface area contributed by atoms with Gasteiger partial charge in [0.15, 0.2) is 0 Å². The highest BCUT2D eigenvalue weighted by Crippen LogP contribution is 2.37. The molecule has 0 saturated heterocycles. The van der Waals surface area contributed by atoms with Crippen molar-refractivity contribution < 1.29 is 13.2 Å². The number of fused-ring (bicyclic) bond motifs is 1. The molecule has 140 valence electrons. The SMILES string of the molecule is COc1ccc(NS(=O)(=O)c2ccccc2Cl)c2c1C[C@@H](N(C)C)CC2. The number of benzene rings is 2. The summed E-state index contributed by atoms with van der Waals surface area (Å²) in [5.41, 5.74) is 2.66. The fraction of sp³-hybridized carbons (Fsp3) is 0.368. The van der Waals surface area contributed by atoms with Crippen LogP contribution in [0.1, 0.15) is 17.5 Å². The molecule has 1 atom stereocenters.